The number of nitrogens with one attached hydrogen (secondary N) is 1. The van der Waals surface area contributed by atoms with Crippen LogP contribution in [0, 0.1) is 16.0 Å². The number of rotatable bonds is 7. The van der Waals surface area contributed by atoms with Gasteiger partial charge in [0.25, 0.3) is 11.2 Å². The zero-order valence-electron chi connectivity index (χ0n) is 18.4. The number of amides is 1. The number of thiophene rings is 1. The molecular weight excluding hydrogens is 460 g/mol. The number of carbonyl (C=O) groups excluding carboxylic acids is 1. The number of fused-ring (bicyclic) bond motifs is 3. The van der Waals surface area contributed by atoms with Gasteiger partial charge in [-0.15, -0.1) is 17.9 Å². The fourth-order valence-corrected chi connectivity index (χ4v) is 6.31. The molecule has 2 heterocycles. The summed E-state index contributed by atoms with van der Waals surface area (Å²) in [7, 11) is 0. The number of aromatic nitrogens is 2. The quantitative estimate of drug-likeness (QED) is 0.170. The molecule has 0 saturated heterocycles. The van der Waals surface area contributed by atoms with Gasteiger partial charge in [0, 0.05) is 17.5 Å². The van der Waals surface area contributed by atoms with Gasteiger partial charge in [-0.05, 0) is 43.7 Å². The maximum atomic E-state index is 13.4. The number of thioether (sulfide) groups is 1. The van der Waals surface area contributed by atoms with Crippen molar-refractivity contribution in [2.45, 2.75) is 50.1 Å². The van der Waals surface area contributed by atoms with Gasteiger partial charge in [-0.3, -0.25) is 24.3 Å². The van der Waals surface area contributed by atoms with Crippen molar-refractivity contribution in [2.75, 3.05) is 5.32 Å². The molecule has 2 unspecified atom stereocenters. The molecule has 0 saturated carbocycles. The predicted molar refractivity (Wildman–Crippen MR) is 132 cm³/mol. The lowest BCUT2D eigenvalue weighted by atomic mass is 9.89. The van der Waals surface area contributed by atoms with Crippen LogP contribution in [0.5, 0.6) is 0 Å². The smallest absolute Gasteiger partial charge is 0.292 e. The van der Waals surface area contributed by atoms with Crippen molar-refractivity contribution in [3.8, 4) is 0 Å². The molecule has 2 aromatic heterocycles. The first kappa shape index (κ1) is 23.2. The molecule has 0 aliphatic heterocycles. The number of hydrogen-bond donors (Lipinski definition) is 1. The van der Waals surface area contributed by atoms with Gasteiger partial charge in [0.2, 0.25) is 5.91 Å². The summed E-state index contributed by atoms with van der Waals surface area (Å²) in [4.78, 5) is 43.6. The number of nitro benzene ring substituents is 1. The third kappa shape index (κ3) is 4.58. The van der Waals surface area contributed by atoms with Crippen molar-refractivity contribution < 1.29 is 9.72 Å². The van der Waals surface area contributed by atoms with E-state index in [-0.39, 0.29) is 23.5 Å². The lowest BCUT2D eigenvalue weighted by Crippen LogP contribution is -2.27. The minimum absolute atomic E-state index is 0.110. The van der Waals surface area contributed by atoms with Crippen LogP contribution in [0.25, 0.3) is 10.2 Å². The van der Waals surface area contributed by atoms with E-state index in [1.165, 1.54) is 17.0 Å². The van der Waals surface area contributed by atoms with Gasteiger partial charge in [-0.25, -0.2) is 4.98 Å². The largest absolute Gasteiger partial charge is 0.319 e. The number of anilines is 1. The second-order valence-corrected chi connectivity index (χ2v) is 10.5. The molecule has 0 spiro atoms. The van der Waals surface area contributed by atoms with Crippen LogP contribution in [0.1, 0.15) is 30.7 Å². The summed E-state index contributed by atoms with van der Waals surface area (Å²) in [5.74, 6) is 0.175. The summed E-state index contributed by atoms with van der Waals surface area (Å²) in [5.41, 5.74) is 0.958. The molecule has 1 N–H and O–H groups in total. The van der Waals surface area contributed by atoms with Gasteiger partial charge in [-0.2, -0.15) is 0 Å². The molecule has 8 nitrogen and oxygen atoms in total. The lowest BCUT2D eigenvalue weighted by molar-refractivity contribution is -0.383. The second-order valence-electron chi connectivity index (χ2n) is 8.15. The highest BCUT2D eigenvalue weighted by molar-refractivity contribution is 8.00. The first-order valence-corrected chi connectivity index (χ1v) is 12.4. The van der Waals surface area contributed by atoms with E-state index in [1.807, 2.05) is 0 Å². The molecule has 0 radical (unpaired) electrons. The number of para-hydroxylation sites is 2. The van der Waals surface area contributed by atoms with E-state index in [2.05, 4.69) is 18.8 Å². The average molecular weight is 485 g/mol. The van der Waals surface area contributed by atoms with E-state index < -0.39 is 16.1 Å². The zero-order chi connectivity index (χ0) is 23.7. The summed E-state index contributed by atoms with van der Waals surface area (Å²) in [6, 6.07) is 5.99. The molecule has 0 bridgehead atoms. The highest BCUT2D eigenvalue weighted by atomic mass is 32.2. The molecule has 4 rings (SSSR count). The molecular formula is C23H24N4O4S2. The molecule has 33 heavy (non-hydrogen) atoms. The van der Waals surface area contributed by atoms with Crippen molar-refractivity contribution >= 4 is 50.6 Å². The van der Waals surface area contributed by atoms with Gasteiger partial charge in [0.1, 0.15) is 10.5 Å². The van der Waals surface area contributed by atoms with Gasteiger partial charge < -0.3 is 5.32 Å². The standard InChI is InChI=1S/C23H24N4O4S2/c1-4-11-26-22(29)19-15-10-9-13(2)12-18(15)33-21(19)25-23(26)32-14(3)20(28)24-16-7-5-6-8-17(16)27(30)31/h4-8,13-14H,1,9-12H2,2-3H3,(H,24,28). The van der Waals surface area contributed by atoms with Gasteiger partial charge >= 0.3 is 0 Å². The zero-order valence-corrected chi connectivity index (χ0v) is 20.0. The van der Waals surface area contributed by atoms with E-state index in [9.17, 15) is 19.7 Å². The van der Waals surface area contributed by atoms with Gasteiger partial charge in [-0.1, -0.05) is 36.9 Å². The summed E-state index contributed by atoms with van der Waals surface area (Å²) in [6.45, 7) is 7.95. The number of benzene rings is 1. The van der Waals surface area contributed by atoms with Crippen molar-refractivity contribution in [3.63, 3.8) is 0 Å². The Kier molecular flexibility index (Phi) is 6.66. The average Bonchev–Trinajstić information content (AvgIpc) is 3.13. The first-order valence-electron chi connectivity index (χ1n) is 10.7. The Balaban J connectivity index is 1.66. The Hall–Kier alpha value is -2.98. The monoisotopic (exact) mass is 484 g/mol. The molecule has 1 amide bonds. The van der Waals surface area contributed by atoms with Crippen LogP contribution < -0.4 is 10.9 Å². The number of nitro groups is 1. The third-order valence-electron chi connectivity index (χ3n) is 5.70. The van der Waals surface area contributed by atoms with E-state index in [0.29, 0.717) is 21.3 Å². The molecule has 172 valence electrons. The number of carbonyl (C=O) groups is 1. The van der Waals surface area contributed by atoms with Crippen LogP contribution in [0.15, 0.2) is 46.9 Å². The van der Waals surface area contributed by atoms with Crippen LogP contribution in [-0.4, -0.2) is 25.6 Å². The Bertz CT molecular complexity index is 1310. The van der Waals surface area contributed by atoms with Crippen molar-refractivity contribution in [3.05, 3.63) is 67.8 Å². The van der Waals surface area contributed by atoms with E-state index in [4.69, 9.17) is 4.98 Å². The molecule has 1 aliphatic rings. The van der Waals surface area contributed by atoms with E-state index >= 15 is 0 Å². The van der Waals surface area contributed by atoms with Crippen LogP contribution in [-0.2, 0) is 24.2 Å². The fraction of sp³-hybridized carbons (Fsp3) is 0.348. The predicted octanol–water partition coefficient (Wildman–Crippen LogP) is 4.80. The molecule has 1 aliphatic carbocycles. The number of hydrogen-bond acceptors (Lipinski definition) is 7. The van der Waals surface area contributed by atoms with Gasteiger partial charge in [0.15, 0.2) is 5.16 Å². The fourth-order valence-electron chi connectivity index (χ4n) is 3.97. The number of aryl methyl sites for hydroxylation is 1. The Labute approximate surface area is 198 Å². The van der Waals surface area contributed by atoms with E-state index in [0.717, 1.165) is 36.6 Å². The van der Waals surface area contributed by atoms with Crippen molar-refractivity contribution in [1.29, 1.82) is 0 Å². The Morgan fingerprint density at radius 1 is 1.48 bits per heavy atom. The van der Waals surface area contributed by atoms with E-state index in [1.54, 1.807) is 41.0 Å². The molecule has 10 heteroatoms. The third-order valence-corrected chi connectivity index (χ3v) is 7.94. The maximum absolute atomic E-state index is 13.4. The molecule has 0 fully saturated rings. The minimum atomic E-state index is -0.639. The summed E-state index contributed by atoms with van der Waals surface area (Å²) < 4.78 is 1.56. The maximum Gasteiger partial charge on any atom is 0.292 e. The highest BCUT2D eigenvalue weighted by Crippen LogP contribution is 2.37. The Morgan fingerprint density at radius 3 is 2.97 bits per heavy atom. The van der Waals surface area contributed by atoms with Crippen LogP contribution in [0.4, 0.5) is 11.4 Å². The second kappa shape index (κ2) is 9.48. The van der Waals surface area contributed by atoms with Crippen molar-refractivity contribution in [1.82, 2.24) is 9.55 Å². The SMILES string of the molecule is C=CCn1c(SC(C)C(=O)Nc2ccccc2[N+](=O)[O-])nc2sc3c(c2c1=O)CCC(C)C3. The number of allylic oxidation sites excluding steroid dienone is 1. The minimum Gasteiger partial charge on any atom is -0.319 e. The Morgan fingerprint density at radius 2 is 2.24 bits per heavy atom. The normalized spacial score (nSPS) is 16.2. The summed E-state index contributed by atoms with van der Waals surface area (Å²) in [6.07, 6.45) is 4.52. The molecule has 3 aromatic rings. The van der Waals surface area contributed by atoms with Crippen LogP contribution >= 0.6 is 23.1 Å². The number of nitrogens with zero attached hydrogens (tertiary/aromatic N) is 3. The summed E-state index contributed by atoms with van der Waals surface area (Å²) >= 11 is 2.72. The highest BCUT2D eigenvalue weighted by Gasteiger charge is 2.26. The van der Waals surface area contributed by atoms with Gasteiger partial charge in [0.05, 0.1) is 15.6 Å². The van der Waals surface area contributed by atoms with Crippen molar-refractivity contribution in [2.24, 2.45) is 5.92 Å². The van der Waals surface area contributed by atoms with Crippen LogP contribution in [0.2, 0.25) is 0 Å². The molecule has 1 aromatic carbocycles. The van der Waals surface area contributed by atoms with Crippen LogP contribution in [0.3, 0.4) is 0 Å². The topological polar surface area (TPSA) is 107 Å². The molecule has 2 atom stereocenters. The first-order chi connectivity index (χ1) is 15.8. The summed E-state index contributed by atoms with van der Waals surface area (Å²) in [5, 5.41) is 14.3. The lowest BCUT2D eigenvalue weighted by Gasteiger charge is -2.18.